The van der Waals surface area contributed by atoms with Crippen molar-refractivity contribution in [3.8, 4) is 0 Å². The SMILES string of the molecule is C=C(N)[C@@H]1CCCNC(=O)CC[C@H](NC(=O)[C@H](CCCN=C(N)N)NC(C)=O)C(=O)N[C@@H](CCN)C(=O)N[C@H](Cc2ccc(C)cc2)C(=O)N[C@@H](CCCN=C(N)N)C(=O)N[C@@H](Cc2c[nH]c3ccccc23)C(=O)N1. The average molecular weight is 1040 g/mol. The highest BCUT2D eigenvalue weighted by Gasteiger charge is 2.34. The quantitative estimate of drug-likeness (QED) is 0.0350. The van der Waals surface area contributed by atoms with Crippen LogP contribution in [0.15, 0.2) is 77.0 Å². The first-order chi connectivity index (χ1) is 35.7. The number of benzene rings is 2. The van der Waals surface area contributed by atoms with Crippen molar-refractivity contribution in [1.82, 2.24) is 47.5 Å². The Morgan fingerprint density at radius 2 is 1.32 bits per heavy atom. The van der Waals surface area contributed by atoms with Gasteiger partial charge in [-0.05, 0) is 82.0 Å². The summed E-state index contributed by atoms with van der Waals surface area (Å²) in [4.78, 5) is 123. The molecule has 0 saturated carbocycles. The molecule has 2 heterocycles. The number of aryl methyl sites for hydroxylation is 1. The number of nitrogens with one attached hydrogen (secondary N) is 9. The molecule has 1 fully saturated rings. The largest absolute Gasteiger partial charge is 0.401 e. The third kappa shape index (κ3) is 20.3. The molecule has 25 heteroatoms. The van der Waals surface area contributed by atoms with Crippen LogP contribution in [0.5, 0.6) is 0 Å². The summed E-state index contributed by atoms with van der Waals surface area (Å²) in [5.41, 5.74) is 37.4. The Morgan fingerprint density at radius 3 is 1.96 bits per heavy atom. The van der Waals surface area contributed by atoms with Crippen LogP contribution in [0.2, 0.25) is 0 Å². The first-order valence-corrected chi connectivity index (χ1v) is 25.0. The zero-order valence-corrected chi connectivity index (χ0v) is 42.7. The van der Waals surface area contributed by atoms with Gasteiger partial charge in [0.15, 0.2) is 11.9 Å². The fourth-order valence-corrected chi connectivity index (χ4v) is 8.28. The van der Waals surface area contributed by atoms with Crippen LogP contribution < -0.4 is 76.9 Å². The smallest absolute Gasteiger partial charge is 0.243 e. The van der Waals surface area contributed by atoms with Crippen LogP contribution in [0.1, 0.15) is 81.4 Å². The molecule has 25 nitrogen and oxygen atoms in total. The molecule has 0 unspecified atom stereocenters. The van der Waals surface area contributed by atoms with Gasteiger partial charge in [0.1, 0.15) is 36.3 Å². The van der Waals surface area contributed by atoms with E-state index in [9.17, 15) is 38.4 Å². The van der Waals surface area contributed by atoms with Crippen molar-refractivity contribution >= 4 is 70.1 Å². The average Bonchev–Trinajstić information content (AvgIpc) is 3.77. The molecule has 8 amide bonds. The molecule has 1 aliphatic heterocycles. The molecule has 1 aromatic heterocycles. The number of amides is 8. The van der Waals surface area contributed by atoms with Crippen LogP contribution in [-0.4, -0.2) is 133 Å². The van der Waals surface area contributed by atoms with Crippen LogP contribution in [0.3, 0.4) is 0 Å². The topological polar surface area (TPSA) is 429 Å². The summed E-state index contributed by atoms with van der Waals surface area (Å²) in [6.07, 6.45) is 1.98. The van der Waals surface area contributed by atoms with Crippen LogP contribution in [-0.2, 0) is 51.2 Å². The lowest BCUT2D eigenvalue weighted by Gasteiger charge is -2.28. The van der Waals surface area contributed by atoms with Gasteiger partial charge in [0.2, 0.25) is 47.3 Å². The van der Waals surface area contributed by atoms with Gasteiger partial charge in [-0.1, -0.05) is 54.6 Å². The summed E-state index contributed by atoms with van der Waals surface area (Å²) < 4.78 is 0. The highest BCUT2D eigenvalue weighted by molar-refractivity contribution is 5.97. The van der Waals surface area contributed by atoms with Crippen molar-refractivity contribution in [2.45, 2.75) is 127 Å². The second-order valence-electron chi connectivity index (χ2n) is 18.5. The van der Waals surface area contributed by atoms with Crippen LogP contribution in [0, 0.1) is 6.92 Å². The van der Waals surface area contributed by atoms with Gasteiger partial charge in [0.05, 0.1) is 6.04 Å². The molecule has 3 aromatic rings. The Labute approximate surface area is 435 Å². The second kappa shape index (κ2) is 30.1. The molecule has 2 aromatic carbocycles. The molecule has 0 bridgehead atoms. The summed E-state index contributed by atoms with van der Waals surface area (Å²) in [5, 5.41) is 22.7. The molecular formula is C50H75N17O8. The van der Waals surface area contributed by atoms with Gasteiger partial charge >= 0.3 is 0 Å². The number of aliphatic imine (C=N–C) groups is 2. The number of rotatable bonds is 18. The molecule has 75 heavy (non-hydrogen) atoms. The van der Waals surface area contributed by atoms with Crippen molar-refractivity contribution in [1.29, 1.82) is 0 Å². The summed E-state index contributed by atoms with van der Waals surface area (Å²) >= 11 is 0. The molecule has 0 radical (unpaired) electrons. The number of para-hydroxylation sites is 1. The molecule has 21 N–H and O–H groups in total. The number of aromatic amines is 1. The fourth-order valence-electron chi connectivity index (χ4n) is 8.28. The minimum absolute atomic E-state index is 0.00517. The van der Waals surface area contributed by atoms with E-state index < -0.39 is 89.6 Å². The predicted octanol–water partition coefficient (Wildman–Crippen LogP) is -2.71. The lowest BCUT2D eigenvalue weighted by molar-refractivity contribution is -0.135. The van der Waals surface area contributed by atoms with Gasteiger partial charge in [0, 0.05) is 68.6 Å². The van der Waals surface area contributed by atoms with E-state index in [0.717, 1.165) is 16.5 Å². The van der Waals surface area contributed by atoms with Gasteiger partial charge in [0.25, 0.3) is 0 Å². The number of nitrogens with two attached hydrogens (primary N) is 6. The van der Waals surface area contributed by atoms with Crippen LogP contribution in [0.25, 0.3) is 10.9 Å². The zero-order chi connectivity index (χ0) is 55.0. The number of fused-ring (bicyclic) bond motifs is 1. The van der Waals surface area contributed by atoms with Gasteiger partial charge in [-0.25, -0.2) is 0 Å². The Morgan fingerprint density at radius 1 is 0.733 bits per heavy atom. The summed E-state index contributed by atoms with van der Waals surface area (Å²) in [6.45, 7) is 7.18. The van der Waals surface area contributed by atoms with Crippen molar-refractivity contribution in [3.63, 3.8) is 0 Å². The van der Waals surface area contributed by atoms with E-state index in [2.05, 4.69) is 64.1 Å². The number of aromatic nitrogens is 1. The monoisotopic (exact) mass is 1040 g/mol. The molecule has 0 spiro atoms. The highest BCUT2D eigenvalue weighted by atomic mass is 16.2. The second-order valence-corrected chi connectivity index (χ2v) is 18.5. The minimum Gasteiger partial charge on any atom is -0.401 e. The molecule has 1 saturated heterocycles. The molecule has 7 atom stereocenters. The number of hydrogen-bond donors (Lipinski definition) is 15. The Kier molecular flexibility index (Phi) is 23.8. The van der Waals surface area contributed by atoms with Crippen LogP contribution in [0.4, 0.5) is 0 Å². The van der Waals surface area contributed by atoms with E-state index in [4.69, 9.17) is 34.4 Å². The molecule has 408 valence electrons. The summed E-state index contributed by atoms with van der Waals surface area (Å²) in [6, 6.07) is 5.92. The van der Waals surface area contributed by atoms with Gasteiger partial charge in [-0.3, -0.25) is 48.3 Å². The van der Waals surface area contributed by atoms with E-state index in [1.165, 1.54) is 6.92 Å². The van der Waals surface area contributed by atoms with E-state index in [1.807, 2.05) is 43.3 Å². The standard InChI is InChI=1S/C50H75N17O8/c1-28-14-16-31(17-15-28)25-40-47(74)63-37(13-8-24-59-50(55)56)44(71)67-41(26-32-27-60-35-10-5-4-9-33(32)35)48(75)62-34(29(2)52)11-6-22-57-42(69)19-18-38(45(72)65-39(20-21-51)46(73)66-40)64-43(70)36(61-30(3)68)12-7-23-58-49(53)54/h4-5,9-10,14-17,27,34,36-41,60H,2,6-8,11-13,18-26,51-52H2,1,3H3,(H,57,69)(H,61,68)(H,62,75)(H,63,74)(H,64,70)(H,65,72)(H,66,73)(H,67,71)(H4,53,54,58)(H4,55,56,59)/t34-,36-,37-,38-,39-,40+,41-/m0/s1. The Balaban J connectivity index is 1.77. The number of guanidine groups is 2. The van der Waals surface area contributed by atoms with Crippen molar-refractivity contribution in [2.24, 2.45) is 44.4 Å². The van der Waals surface area contributed by atoms with E-state index in [-0.39, 0.29) is 114 Å². The molecule has 0 aliphatic carbocycles. The molecule has 4 rings (SSSR count). The first-order valence-electron chi connectivity index (χ1n) is 25.0. The normalized spacial score (nSPS) is 21.1. The number of carbonyl (C=O) groups excluding carboxylic acids is 8. The van der Waals surface area contributed by atoms with Crippen molar-refractivity contribution in [2.75, 3.05) is 26.2 Å². The van der Waals surface area contributed by atoms with Gasteiger partial charge < -0.3 is 81.9 Å². The maximum Gasteiger partial charge on any atom is 0.243 e. The fraction of sp³-hybridized carbons (Fsp3) is 0.480. The maximum absolute atomic E-state index is 14.6. The Hall–Kier alpha value is -8.22. The predicted molar refractivity (Wildman–Crippen MR) is 284 cm³/mol. The summed E-state index contributed by atoms with van der Waals surface area (Å²) in [5.74, 6) is -6.01. The van der Waals surface area contributed by atoms with E-state index in [1.54, 1.807) is 18.3 Å². The number of nitrogens with zero attached hydrogens (tertiary/aromatic N) is 2. The Bertz CT molecular complexity index is 2520. The lowest BCUT2D eigenvalue weighted by Crippen LogP contribution is -2.60. The van der Waals surface area contributed by atoms with Gasteiger partial charge in [-0.15, -0.1) is 0 Å². The third-order valence-corrected chi connectivity index (χ3v) is 12.3. The van der Waals surface area contributed by atoms with Crippen molar-refractivity contribution in [3.05, 3.63) is 83.7 Å². The minimum atomic E-state index is -1.44. The van der Waals surface area contributed by atoms with Gasteiger partial charge in [-0.2, -0.15) is 0 Å². The maximum atomic E-state index is 14.6. The number of hydrogen-bond acceptors (Lipinski definition) is 12. The van der Waals surface area contributed by atoms with Crippen LogP contribution >= 0.6 is 0 Å². The van der Waals surface area contributed by atoms with E-state index in [0.29, 0.717) is 11.1 Å². The highest BCUT2D eigenvalue weighted by Crippen LogP contribution is 2.20. The molecule has 1 aliphatic rings. The zero-order valence-electron chi connectivity index (χ0n) is 42.7. The van der Waals surface area contributed by atoms with Crippen molar-refractivity contribution < 1.29 is 38.4 Å². The first kappa shape index (κ1) is 59.3. The third-order valence-electron chi connectivity index (χ3n) is 12.3. The number of H-pyrrole nitrogens is 1. The lowest BCUT2D eigenvalue weighted by atomic mass is 10.0. The number of carbonyl (C=O) groups is 8. The van der Waals surface area contributed by atoms with E-state index >= 15 is 0 Å². The summed E-state index contributed by atoms with van der Waals surface area (Å²) in [7, 11) is 0. The molecular weight excluding hydrogens is 967 g/mol.